The molecule has 9 heteroatoms. The zero-order valence-electron chi connectivity index (χ0n) is 22.1. The Kier molecular flexibility index (Phi) is 7.99. The quantitative estimate of drug-likeness (QED) is 0.219. The lowest BCUT2D eigenvalue weighted by molar-refractivity contribution is -0.141. The summed E-state index contributed by atoms with van der Waals surface area (Å²) in [6, 6.07) is 14.3. The number of carbonyl (C=O) groups is 5. The monoisotopic (exact) mass is 533 g/mol. The van der Waals surface area contributed by atoms with Crippen LogP contribution in [0.1, 0.15) is 63.5 Å². The first-order chi connectivity index (χ1) is 18.5. The van der Waals surface area contributed by atoms with E-state index in [1.165, 1.54) is 6.92 Å². The van der Waals surface area contributed by atoms with Crippen LogP contribution in [0, 0.1) is 5.41 Å². The van der Waals surface area contributed by atoms with Gasteiger partial charge in [0.1, 0.15) is 18.4 Å². The molecule has 2 aromatic rings. The molecule has 0 unspecified atom stereocenters. The number of carboxylic acid groups (broad SMARTS) is 1. The van der Waals surface area contributed by atoms with Gasteiger partial charge in [-0.1, -0.05) is 62.4 Å². The maximum absolute atomic E-state index is 12.5. The lowest BCUT2D eigenvalue weighted by Crippen LogP contribution is -2.41. The second-order valence-corrected chi connectivity index (χ2v) is 10.7. The Hall–Kier alpha value is -4.27. The number of nitrogens with one attached hydrogen (secondary N) is 1. The van der Waals surface area contributed by atoms with E-state index in [0.29, 0.717) is 0 Å². The number of hydrogen-bond donors (Lipinski definition) is 2. The SMILES string of the molecule is CC(OC(=O)CC[C@H](NC(=O)OCC1c2ccccc2-c2ccccc21)C(=O)O)=C1C(=O)CC(C)(C)CC1=O. The molecular formula is C30H31NO8. The molecule has 2 aromatic carbocycles. The number of ketones is 2. The first kappa shape index (κ1) is 27.8. The third kappa shape index (κ3) is 6.25. The molecule has 2 aliphatic carbocycles. The molecule has 9 nitrogen and oxygen atoms in total. The highest BCUT2D eigenvalue weighted by atomic mass is 16.6. The molecule has 0 bridgehead atoms. The van der Waals surface area contributed by atoms with Gasteiger partial charge >= 0.3 is 18.0 Å². The van der Waals surface area contributed by atoms with Gasteiger partial charge in [0.15, 0.2) is 11.6 Å². The fraction of sp³-hybridized carbons (Fsp3) is 0.367. The number of allylic oxidation sites excluding steroid dienone is 2. The molecule has 2 aliphatic rings. The number of benzene rings is 2. The number of Topliss-reactive ketones (excluding diaryl/α,β-unsaturated/α-hetero) is 2. The van der Waals surface area contributed by atoms with Crippen molar-refractivity contribution in [3.05, 3.63) is 71.0 Å². The predicted octanol–water partition coefficient (Wildman–Crippen LogP) is 4.53. The van der Waals surface area contributed by atoms with Crippen LogP contribution in [0.4, 0.5) is 4.79 Å². The molecule has 0 heterocycles. The van der Waals surface area contributed by atoms with Gasteiger partial charge in [-0.25, -0.2) is 9.59 Å². The minimum Gasteiger partial charge on any atom is -0.480 e. The van der Waals surface area contributed by atoms with Crippen LogP contribution in [-0.4, -0.2) is 47.4 Å². The molecule has 1 fully saturated rings. The van der Waals surface area contributed by atoms with Crippen LogP contribution < -0.4 is 5.32 Å². The van der Waals surface area contributed by atoms with Crippen LogP contribution in [-0.2, 0) is 28.7 Å². The largest absolute Gasteiger partial charge is 0.480 e. The van der Waals surface area contributed by atoms with Gasteiger partial charge in [0.25, 0.3) is 0 Å². The number of hydrogen-bond acceptors (Lipinski definition) is 7. The van der Waals surface area contributed by atoms with Crippen LogP contribution in [0.15, 0.2) is 59.9 Å². The van der Waals surface area contributed by atoms with E-state index in [-0.39, 0.29) is 61.1 Å². The molecule has 39 heavy (non-hydrogen) atoms. The van der Waals surface area contributed by atoms with Crippen LogP contribution in [0.2, 0.25) is 0 Å². The average molecular weight is 534 g/mol. The Morgan fingerprint density at radius 2 is 1.51 bits per heavy atom. The van der Waals surface area contributed by atoms with Crippen molar-refractivity contribution in [3.8, 4) is 11.1 Å². The first-order valence-electron chi connectivity index (χ1n) is 12.8. The number of ether oxygens (including phenoxy) is 2. The fourth-order valence-corrected chi connectivity index (χ4v) is 5.23. The third-order valence-electron chi connectivity index (χ3n) is 7.03. The van der Waals surface area contributed by atoms with Gasteiger partial charge in [0.2, 0.25) is 0 Å². The summed E-state index contributed by atoms with van der Waals surface area (Å²) in [6.45, 7) is 5.01. The lowest BCUT2D eigenvalue weighted by atomic mass is 9.74. The Labute approximate surface area is 226 Å². The number of alkyl carbamates (subject to hydrolysis) is 1. The molecule has 204 valence electrons. The van der Waals surface area contributed by atoms with Gasteiger partial charge in [0.05, 0.1) is 5.57 Å². The highest BCUT2D eigenvalue weighted by Crippen LogP contribution is 2.44. The number of fused-ring (bicyclic) bond motifs is 3. The summed E-state index contributed by atoms with van der Waals surface area (Å²) >= 11 is 0. The number of rotatable bonds is 8. The van der Waals surface area contributed by atoms with Crippen LogP contribution in [0.5, 0.6) is 0 Å². The average Bonchev–Trinajstić information content (AvgIpc) is 3.17. The molecule has 2 N–H and O–H groups in total. The van der Waals surface area contributed by atoms with Crippen molar-refractivity contribution in [1.82, 2.24) is 5.32 Å². The Morgan fingerprint density at radius 1 is 0.974 bits per heavy atom. The first-order valence-corrected chi connectivity index (χ1v) is 12.8. The van der Waals surface area contributed by atoms with E-state index in [2.05, 4.69) is 5.32 Å². The zero-order valence-corrected chi connectivity index (χ0v) is 22.1. The molecule has 1 saturated carbocycles. The van der Waals surface area contributed by atoms with Crippen molar-refractivity contribution >= 4 is 29.6 Å². The van der Waals surface area contributed by atoms with Crippen molar-refractivity contribution in [2.45, 2.75) is 58.4 Å². The molecule has 0 aromatic heterocycles. The number of carboxylic acids is 1. The fourth-order valence-electron chi connectivity index (χ4n) is 5.23. The van der Waals surface area contributed by atoms with Gasteiger partial charge in [-0.3, -0.25) is 14.4 Å². The zero-order chi connectivity index (χ0) is 28.3. The number of aliphatic carboxylic acids is 1. The highest BCUT2D eigenvalue weighted by molar-refractivity contribution is 6.22. The maximum Gasteiger partial charge on any atom is 0.407 e. The Balaban J connectivity index is 1.32. The third-order valence-corrected chi connectivity index (χ3v) is 7.03. The van der Waals surface area contributed by atoms with E-state index in [0.717, 1.165) is 22.3 Å². The molecular weight excluding hydrogens is 502 g/mol. The second-order valence-electron chi connectivity index (χ2n) is 10.7. The van der Waals surface area contributed by atoms with Gasteiger partial charge in [0, 0.05) is 25.2 Å². The van der Waals surface area contributed by atoms with Gasteiger partial charge < -0.3 is 19.9 Å². The Bertz CT molecular complexity index is 1310. The van der Waals surface area contributed by atoms with E-state index in [9.17, 15) is 29.1 Å². The molecule has 0 radical (unpaired) electrons. The molecule has 0 saturated heterocycles. The van der Waals surface area contributed by atoms with Gasteiger partial charge in [-0.2, -0.15) is 0 Å². The molecule has 1 atom stereocenters. The van der Waals surface area contributed by atoms with Crippen molar-refractivity contribution < 1.29 is 38.6 Å². The molecule has 0 aliphatic heterocycles. The van der Waals surface area contributed by atoms with E-state index in [4.69, 9.17) is 9.47 Å². The Morgan fingerprint density at radius 3 is 2.05 bits per heavy atom. The standard InChI is InChI=1S/C30H31NO8/c1-17(27-24(32)14-30(2,3)15-25(27)33)39-26(34)13-12-23(28(35)36)31-29(37)38-16-22-20-10-6-4-8-18(20)19-9-5-7-11-21(19)22/h4-11,22-23H,12-16H2,1-3H3,(H,31,37)(H,35,36)/t23-/m0/s1. The maximum atomic E-state index is 12.5. The van der Waals surface area contributed by atoms with Gasteiger partial charge in [-0.15, -0.1) is 0 Å². The molecule has 1 amide bonds. The smallest absolute Gasteiger partial charge is 0.407 e. The number of amides is 1. The van der Waals surface area contributed by atoms with Crippen LogP contribution in [0.25, 0.3) is 11.1 Å². The summed E-state index contributed by atoms with van der Waals surface area (Å²) in [4.78, 5) is 61.4. The second kappa shape index (κ2) is 11.2. The minimum atomic E-state index is -1.40. The van der Waals surface area contributed by atoms with E-state index >= 15 is 0 Å². The molecule has 4 rings (SSSR count). The highest BCUT2D eigenvalue weighted by Gasteiger charge is 2.37. The molecule has 0 spiro atoms. The number of esters is 1. The normalized spacial score (nSPS) is 16.6. The van der Waals surface area contributed by atoms with Crippen molar-refractivity contribution in [1.29, 1.82) is 0 Å². The summed E-state index contributed by atoms with van der Waals surface area (Å²) in [5.41, 5.74) is 3.58. The summed E-state index contributed by atoms with van der Waals surface area (Å²) in [7, 11) is 0. The summed E-state index contributed by atoms with van der Waals surface area (Å²) in [5.74, 6) is -3.21. The lowest BCUT2D eigenvalue weighted by Gasteiger charge is -2.29. The van der Waals surface area contributed by atoms with Crippen molar-refractivity contribution in [3.63, 3.8) is 0 Å². The summed E-state index contributed by atoms with van der Waals surface area (Å²) in [5, 5.41) is 11.9. The van der Waals surface area contributed by atoms with Gasteiger partial charge in [-0.05, 0) is 41.0 Å². The summed E-state index contributed by atoms with van der Waals surface area (Å²) < 4.78 is 10.6. The predicted molar refractivity (Wildman–Crippen MR) is 141 cm³/mol. The van der Waals surface area contributed by atoms with Crippen LogP contribution in [0.3, 0.4) is 0 Å². The number of carbonyl (C=O) groups excluding carboxylic acids is 4. The van der Waals surface area contributed by atoms with E-state index < -0.39 is 29.5 Å². The van der Waals surface area contributed by atoms with Crippen molar-refractivity contribution in [2.24, 2.45) is 5.41 Å². The van der Waals surface area contributed by atoms with E-state index in [1.54, 1.807) is 0 Å². The van der Waals surface area contributed by atoms with E-state index in [1.807, 2.05) is 62.4 Å². The minimum absolute atomic E-state index is 0.0138. The summed E-state index contributed by atoms with van der Waals surface area (Å²) in [6.07, 6.45) is -1.23. The van der Waals surface area contributed by atoms with Crippen molar-refractivity contribution in [2.75, 3.05) is 6.61 Å². The van der Waals surface area contributed by atoms with Crippen LogP contribution >= 0.6 is 0 Å². The topological polar surface area (TPSA) is 136 Å².